The van der Waals surface area contributed by atoms with Crippen molar-refractivity contribution in [2.45, 2.75) is 6.92 Å². The average molecular weight is 142 g/mol. The zero-order valence-electron chi connectivity index (χ0n) is 3.97. The van der Waals surface area contributed by atoms with Gasteiger partial charge < -0.3 is 5.32 Å². The molecule has 0 saturated carbocycles. The predicted octanol–water partition coefficient (Wildman–Crippen LogP) is 1.07. The lowest BCUT2D eigenvalue weighted by Gasteiger charge is -1.87. The molecule has 1 N–H and O–H groups in total. The number of rotatable bonds is 1. The van der Waals surface area contributed by atoms with Gasteiger partial charge in [0.15, 0.2) is 0 Å². The SMILES string of the molecule is CCNC(=O)S.Cl. The van der Waals surface area contributed by atoms with Crippen LogP contribution in [0.3, 0.4) is 0 Å². The molecule has 0 aromatic rings. The number of carbonyl (C=O) groups excluding carboxylic acids is 1. The van der Waals surface area contributed by atoms with Gasteiger partial charge in [-0.1, -0.05) is 12.6 Å². The first-order chi connectivity index (χ1) is 2.77. The summed E-state index contributed by atoms with van der Waals surface area (Å²) in [5, 5.41) is 2.17. The summed E-state index contributed by atoms with van der Waals surface area (Å²) in [5.74, 6) is 0. The minimum Gasteiger partial charge on any atom is -0.347 e. The molecule has 0 saturated heterocycles. The van der Waals surface area contributed by atoms with Gasteiger partial charge >= 0.3 is 0 Å². The molecule has 0 fully saturated rings. The molecule has 0 unspecified atom stereocenters. The Balaban J connectivity index is 0. The van der Waals surface area contributed by atoms with E-state index in [-0.39, 0.29) is 17.6 Å². The van der Waals surface area contributed by atoms with E-state index < -0.39 is 0 Å². The van der Waals surface area contributed by atoms with Crippen LogP contribution >= 0.6 is 25.0 Å². The number of hydrogen-bond acceptors (Lipinski definition) is 1. The zero-order chi connectivity index (χ0) is 4.99. The van der Waals surface area contributed by atoms with Crippen molar-refractivity contribution in [2.24, 2.45) is 0 Å². The lowest BCUT2D eigenvalue weighted by Crippen LogP contribution is -2.14. The number of halogens is 1. The minimum absolute atomic E-state index is 0. The van der Waals surface area contributed by atoms with Crippen LogP contribution in [0.25, 0.3) is 0 Å². The van der Waals surface area contributed by atoms with E-state index in [2.05, 4.69) is 17.9 Å². The Morgan fingerprint density at radius 3 is 2.29 bits per heavy atom. The van der Waals surface area contributed by atoms with Gasteiger partial charge in [0, 0.05) is 6.54 Å². The molecule has 0 bridgehead atoms. The fraction of sp³-hybridized carbons (Fsp3) is 0.667. The third kappa shape index (κ3) is 10.7. The summed E-state index contributed by atoms with van der Waals surface area (Å²) in [6, 6.07) is 0. The first-order valence-electron chi connectivity index (χ1n) is 1.74. The van der Waals surface area contributed by atoms with Gasteiger partial charge in [-0.3, -0.25) is 4.79 Å². The molecule has 1 amide bonds. The molecule has 0 rings (SSSR count). The van der Waals surface area contributed by atoms with Crippen molar-refractivity contribution in [1.82, 2.24) is 5.32 Å². The third-order valence-electron chi connectivity index (χ3n) is 0.328. The first-order valence-corrected chi connectivity index (χ1v) is 2.19. The van der Waals surface area contributed by atoms with Gasteiger partial charge in [-0.25, -0.2) is 0 Å². The van der Waals surface area contributed by atoms with Gasteiger partial charge in [0.2, 0.25) is 0 Å². The van der Waals surface area contributed by atoms with Crippen LogP contribution in [0, 0.1) is 0 Å². The van der Waals surface area contributed by atoms with Gasteiger partial charge in [0.25, 0.3) is 5.24 Å². The summed E-state index contributed by atoms with van der Waals surface area (Å²) in [6.07, 6.45) is 0. The minimum atomic E-state index is -0.266. The highest BCUT2D eigenvalue weighted by Gasteiger charge is 1.80. The molecule has 0 aromatic heterocycles. The maximum atomic E-state index is 9.80. The normalized spacial score (nSPS) is 6.57. The molecule has 0 aromatic carbocycles. The summed E-state index contributed by atoms with van der Waals surface area (Å²) < 4.78 is 0. The van der Waals surface area contributed by atoms with Crippen LogP contribution in [0.15, 0.2) is 0 Å². The van der Waals surface area contributed by atoms with E-state index in [9.17, 15) is 4.79 Å². The highest BCUT2D eigenvalue weighted by molar-refractivity contribution is 7.96. The fourth-order valence-electron chi connectivity index (χ4n) is 0.151. The largest absolute Gasteiger partial charge is 0.347 e. The average Bonchev–Trinajstić information content (AvgIpc) is 1.35. The second-order valence-corrected chi connectivity index (χ2v) is 1.24. The number of amides is 1. The zero-order valence-corrected chi connectivity index (χ0v) is 5.68. The summed E-state index contributed by atoms with van der Waals surface area (Å²) in [4.78, 5) is 9.80. The molecular weight excluding hydrogens is 134 g/mol. The lowest BCUT2D eigenvalue weighted by molar-refractivity contribution is 0.261. The van der Waals surface area contributed by atoms with Crippen molar-refractivity contribution < 1.29 is 4.79 Å². The second-order valence-electron chi connectivity index (χ2n) is 0.835. The van der Waals surface area contributed by atoms with Crippen LogP contribution in [-0.4, -0.2) is 11.8 Å². The predicted molar refractivity (Wildman–Crippen MR) is 35.3 cm³/mol. The summed E-state index contributed by atoms with van der Waals surface area (Å²) in [6.45, 7) is 2.50. The third-order valence-corrected chi connectivity index (χ3v) is 0.486. The van der Waals surface area contributed by atoms with Crippen molar-refractivity contribution in [3.63, 3.8) is 0 Å². The molecule has 0 aliphatic carbocycles. The number of hydrogen-bond donors (Lipinski definition) is 2. The second kappa shape index (κ2) is 6.11. The van der Waals surface area contributed by atoms with E-state index in [1.165, 1.54) is 0 Å². The smallest absolute Gasteiger partial charge is 0.275 e. The maximum Gasteiger partial charge on any atom is 0.275 e. The van der Waals surface area contributed by atoms with E-state index in [0.29, 0.717) is 6.54 Å². The van der Waals surface area contributed by atoms with E-state index >= 15 is 0 Å². The summed E-state index contributed by atoms with van der Waals surface area (Å²) in [7, 11) is 0. The monoisotopic (exact) mass is 141 g/mol. The van der Waals surface area contributed by atoms with E-state index in [1.54, 1.807) is 0 Å². The lowest BCUT2D eigenvalue weighted by atomic mass is 10.8. The Bertz CT molecular complexity index is 58.9. The fourth-order valence-corrected chi connectivity index (χ4v) is 0.309. The molecule has 2 nitrogen and oxygen atoms in total. The van der Waals surface area contributed by atoms with Gasteiger partial charge in [-0.2, -0.15) is 0 Å². The molecular formula is C3H8ClNOS. The van der Waals surface area contributed by atoms with Gasteiger partial charge in [0.05, 0.1) is 0 Å². The molecule has 0 aliphatic rings. The van der Waals surface area contributed by atoms with Crippen LogP contribution in [0.4, 0.5) is 4.79 Å². The van der Waals surface area contributed by atoms with Gasteiger partial charge in [0.1, 0.15) is 0 Å². The Hall–Kier alpha value is 0.110. The van der Waals surface area contributed by atoms with Crippen molar-refractivity contribution in [3.8, 4) is 0 Å². The molecule has 0 heterocycles. The summed E-state index contributed by atoms with van der Waals surface area (Å²) >= 11 is 3.43. The van der Waals surface area contributed by atoms with Crippen LogP contribution in [0.5, 0.6) is 0 Å². The maximum absolute atomic E-state index is 9.80. The van der Waals surface area contributed by atoms with E-state index in [1.807, 2.05) is 6.92 Å². The van der Waals surface area contributed by atoms with Crippen LogP contribution < -0.4 is 5.32 Å². The number of carbonyl (C=O) groups is 1. The molecule has 44 valence electrons. The molecule has 0 radical (unpaired) electrons. The van der Waals surface area contributed by atoms with Gasteiger partial charge in [-0.15, -0.1) is 12.4 Å². The van der Waals surface area contributed by atoms with Crippen LogP contribution in [-0.2, 0) is 0 Å². The van der Waals surface area contributed by atoms with Crippen LogP contribution in [0.1, 0.15) is 6.92 Å². The Morgan fingerprint density at radius 1 is 1.86 bits per heavy atom. The molecule has 7 heavy (non-hydrogen) atoms. The quantitative estimate of drug-likeness (QED) is 0.526. The number of nitrogens with one attached hydrogen (secondary N) is 1. The van der Waals surface area contributed by atoms with Crippen molar-refractivity contribution in [3.05, 3.63) is 0 Å². The first kappa shape index (κ1) is 10.2. The number of thiol groups is 1. The highest BCUT2D eigenvalue weighted by atomic mass is 35.5. The molecule has 0 aliphatic heterocycles. The molecule has 0 atom stereocenters. The standard InChI is InChI=1S/C3H7NOS.ClH/c1-2-4-3(5)6;/h2H2,1H3,(H2,4,5,6);1H. The Morgan fingerprint density at radius 2 is 2.29 bits per heavy atom. The van der Waals surface area contributed by atoms with E-state index in [0.717, 1.165) is 0 Å². The molecule has 4 heteroatoms. The van der Waals surface area contributed by atoms with Gasteiger partial charge in [-0.05, 0) is 6.92 Å². The summed E-state index contributed by atoms with van der Waals surface area (Å²) in [5.41, 5.74) is 0. The van der Waals surface area contributed by atoms with Crippen LogP contribution in [0.2, 0.25) is 0 Å². The Labute approximate surface area is 54.5 Å². The topological polar surface area (TPSA) is 29.1 Å². The van der Waals surface area contributed by atoms with E-state index in [4.69, 9.17) is 0 Å². The van der Waals surface area contributed by atoms with Crippen molar-refractivity contribution >= 4 is 30.3 Å². The highest BCUT2D eigenvalue weighted by Crippen LogP contribution is 1.70. The van der Waals surface area contributed by atoms with Crippen molar-refractivity contribution in [1.29, 1.82) is 0 Å². The van der Waals surface area contributed by atoms with Crippen molar-refractivity contribution in [2.75, 3.05) is 6.54 Å². The Kier molecular flexibility index (Phi) is 8.87. The molecule has 0 spiro atoms.